The van der Waals surface area contributed by atoms with Crippen LogP contribution in [0.1, 0.15) is 36.9 Å². The van der Waals surface area contributed by atoms with Crippen LogP contribution in [0.3, 0.4) is 0 Å². The summed E-state index contributed by atoms with van der Waals surface area (Å²) >= 11 is 1.50. The third kappa shape index (κ3) is 5.42. The second-order valence-electron chi connectivity index (χ2n) is 9.99. The lowest BCUT2D eigenvalue weighted by Gasteiger charge is -2.21. The van der Waals surface area contributed by atoms with E-state index >= 15 is 0 Å². The third-order valence-corrected chi connectivity index (χ3v) is 8.11. The molecule has 2 aromatic carbocycles. The number of fused-ring (bicyclic) bond motifs is 4. The van der Waals surface area contributed by atoms with Gasteiger partial charge in [0.05, 0.1) is 12.7 Å². The molecule has 0 saturated heterocycles. The van der Waals surface area contributed by atoms with Crippen LogP contribution in [-0.4, -0.2) is 62.3 Å². The van der Waals surface area contributed by atoms with Crippen LogP contribution in [0.25, 0.3) is 32.3 Å². The molecule has 44 heavy (non-hydrogen) atoms. The van der Waals surface area contributed by atoms with Crippen molar-refractivity contribution in [3.63, 3.8) is 0 Å². The highest BCUT2D eigenvalue weighted by Crippen LogP contribution is 2.44. The molecule has 0 radical (unpaired) electrons. The van der Waals surface area contributed by atoms with Crippen LogP contribution in [0.15, 0.2) is 66.2 Å². The predicted molar refractivity (Wildman–Crippen MR) is 164 cm³/mol. The Hall–Kier alpha value is -5.37. The number of carboxylic acid groups (broad SMARTS) is 1. The molecule has 222 valence electrons. The molecular formula is C31H25N5O7S. The maximum atomic E-state index is 13.9. The van der Waals surface area contributed by atoms with Crippen LogP contribution in [-0.2, 0) is 6.61 Å². The molecule has 7 N–H and O–H groups in total. The van der Waals surface area contributed by atoms with Crippen LogP contribution in [0.5, 0.6) is 5.75 Å². The van der Waals surface area contributed by atoms with Gasteiger partial charge in [0.25, 0.3) is 11.8 Å². The Morgan fingerprint density at radius 3 is 2.66 bits per heavy atom. The molecule has 1 aliphatic rings. The second-order valence-corrected chi connectivity index (χ2v) is 10.9. The number of carboxylic acids is 1. The van der Waals surface area contributed by atoms with E-state index in [9.17, 15) is 24.6 Å². The quantitative estimate of drug-likeness (QED) is 0.151. The second kappa shape index (κ2) is 11.7. The molecule has 6 rings (SSSR count). The minimum absolute atomic E-state index is 0.0929. The smallest absolute Gasteiger partial charge is 0.355 e. The van der Waals surface area contributed by atoms with Gasteiger partial charge in [-0.1, -0.05) is 0 Å². The number of nitrogens with one attached hydrogen (secondary N) is 2. The van der Waals surface area contributed by atoms with Crippen molar-refractivity contribution in [2.45, 2.75) is 12.7 Å². The van der Waals surface area contributed by atoms with Crippen molar-refractivity contribution in [2.75, 3.05) is 24.2 Å². The molecule has 0 saturated carbocycles. The first-order valence-corrected chi connectivity index (χ1v) is 14.3. The molecule has 0 bridgehead atoms. The van der Waals surface area contributed by atoms with Gasteiger partial charge in [-0.25, -0.2) is 14.8 Å². The summed E-state index contributed by atoms with van der Waals surface area (Å²) < 4.78 is 5.99. The number of carbonyl (C=O) groups is 3. The molecule has 0 unspecified atom stereocenters. The number of ether oxygens (including phenoxy) is 1. The largest absolute Gasteiger partial charge is 0.488 e. The highest BCUT2D eigenvalue weighted by Gasteiger charge is 2.27. The Kier molecular flexibility index (Phi) is 7.66. The number of thiophene rings is 1. The maximum absolute atomic E-state index is 13.9. The number of benzene rings is 2. The predicted octanol–water partition coefficient (Wildman–Crippen LogP) is 3.53. The molecule has 12 nitrogen and oxygen atoms in total. The summed E-state index contributed by atoms with van der Waals surface area (Å²) in [6.45, 7) is -0.499. The van der Waals surface area contributed by atoms with E-state index in [0.717, 1.165) is 21.2 Å². The number of anilines is 2. The zero-order valence-electron chi connectivity index (χ0n) is 22.9. The number of hydrogen-bond donors (Lipinski definition) is 6. The Balaban J connectivity index is 1.44. The third-order valence-electron chi connectivity index (χ3n) is 7.12. The lowest BCUT2D eigenvalue weighted by molar-refractivity contribution is 0.0690. The zero-order valence-corrected chi connectivity index (χ0v) is 23.7. The molecule has 13 heteroatoms. The van der Waals surface area contributed by atoms with E-state index in [-0.39, 0.29) is 28.9 Å². The monoisotopic (exact) mass is 611 g/mol. The molecule has 0 fully saturated rings. The summed E-state index contributed by atoms with van der Waals surface area (Å²) in [4.78, 5) is 48.0. The number of hydrogen-bond acceptors (Lipinski definition) is 10. The zero-order chi connectivity index (χ0) is 31.0. The Labute approximate surface area is 253 Å². The van der Waals surface area contributed by atoms with E-state index in [4.69, 9.17) is 15.6 Å². The van der Waals surface area contributed by atoms with Crippen molar-refractivity contribution in [1.29, 1.82) is 0 Å². The van der Waals surface area contributed by atoms with Crippen LogP contribution < -0.4 is 21.1 Å². The highest BCUT2D eigenvalue weighted by atomic mass is 32.1. The molecule has 1 atom stereocenters. The van der Waals surface area contributed by atoms with Gasteiger partial charge in [0.15, 0.2) is 5.69 Å². The van der Waals surface area contributed by atoms with Gasteiger partial charge in [-0.15, -0.1) is 11.3 Å². The van der Waals surface area contributed by atoms with Gasteiger partial charge in [-0.05, 0) is 65.4 Å². The topological polar surface area (TPSA) is 197 Å². The van der Waals surface area contributed by atoms with Crippen molar-refractivity contribution >= 4 is 51.4 Å². The standard InChI is InChI=1S/C31H25N5O7S/c32-28-19-2-1-17(9-15(19)5-7-33-28)35-29(39)22-10-23-25(43-14-16-6-8-44-27(16)23)11-21(22)20-3-4-24(36-26(20)31(41)42)30(40)34-12-18(38)13-37/h1-11,18,37-38H,12-14H2,(H2,32,33)(H,34,40)(H,35,39)(H,41,42)/t18-/m0/s1. The molecule has 3 aromatic heterocycles. The first kappa shape index (κ1) is 28.7. The molecule has 0 aliphatic carbocycles. The van der Waals surface area contributed by atoms with Crippen LogP contribution in [0, 0.1) is 0 Å². The lowest BCUT2D eigenvalue weighted by atomic mass is 9.92. The Morgan fingerprint density at radius 1 is 1.02 bits per heavy atom. The number of aromatic carboxylic acids is 1. The molecule has 1 aliphatic heterocycles. The van der Waals surface area contributed by atoms with E-state index < -0.39 is 36.2 Å². The Morgan fingerprint density at radius 2 is 1.86 bits per heavy atom. The number of rotatable bonds is 8. The summed E-state index contributed by atoms with van der Waals surface area (Å²) in [5.74, 6) is -1.84. The Bertz CT molecular complexity index is 1960. The van der Waals surface area contributed by atoms with Gasteiger partial charge in [0.2, 0.25) is 0 Å². The van der Waals surface area contributed by atoms with Crippen LogP contribution in [0.2, 0.25) is 0 Å². The van der Waals surface area contributed by atoms with Gasteiger partial charge >= 0.3 is 5.97 Å². The van der Waals surface area contributed by atoms with Crippen LogP contribution in [0.4, 0.5) is 11.5 Å². The number of nitrogen functional groups attached to an aromatic ring is 1. The van der Waals surface area contributed by atoms with Gasteiger partial charge < -0.3 is 36.4 Å². The fourth-order valence-corrected chi connectivity index (χ4v) is 5.87. The van der Waals surface area contributed by atoms with Crippen molar-refractivity contribution in [2.24, 2.45) is 0 Å². The maximum Gasteiger partial charge on any atom is 0.355 e. The number of amides is 2. The minimum Gasteiger partial charge on any atom is -0.488 e. The fraction of sp³-hybridized carbons (Fsp3) is 0.129. The average molecular weight is 612 g/mol. The summed E-state index contributed by atoms with van der Waals surface area (Å²) in [6, 6.07) is 14.9. The fourth-order valence-electron chi connectivity index (χ4n) is 4.94. The van der Waals surface area contributed by atoms with Crippen molar-refractivity contribution < 1.29 is 34.4 Å². The number of nitrogens with zero attached hydrogens (tertiary/aromatic N) is 2. The number of aliphatic hydroxyl groups excluding tert-OH is 2. The average Bonchev–Trinajstić information content (AvgIpc) is 3.52. The van der Waals surface area contributed by atoms with Crippen molar-refractivity contribution in [1.82, 2.24) is 15.3 Å². The van der Waals surface area contributed by atoms with Gasteiger partial charge in [0, 0.05) is 56.5 Å². The number of nitrogens with two attached hydrogens (primary N) is 1. The summed E-state index contributed by atoms with van der Waals surface area (Å²) in [5.41, 5.74) is 7.93. The van der Waals surface area contributed by atoms with Crippen molar-refractivity contribution in [3.8, 4) is 27.3 Å². The van der Waals surface area contributed by atoms with Crippen LogP contribution >= 0.6 is 11.3 Å². The molecule has 4 heterocycles. The normalized spacial score (nSPS) is 12.5. The number of aliphatic hydroxyl groups is 2. The van der Waals surface area contributed by atoms with Gasteiger partial charge in [-0.2, -0.15) is 0 Å². The van der Waals surface area contributed by atoms with Crippen molar-refractivity contribution in [3.05, 3.63) is 88.7 Å². The molecule has 2 amide bonds. The molecule has 0 spiro atoms. The minimum atomic E-state index is -1.42. The number of aromatic nitrogens is 2. The number of carbonyl (C=O) groups excluding carboxylic acids is 2. The van der Waals surface area contributed by atoms with E-state index in [1.165, 1.54) is 23.5 Å². The van der Waals surface area contributed by atoms with E-state index in [1.54, 1.807) is 42.6 Å². The first-order chi connectivity index (χ1) is 21.2. The van der Waals surface area contributed by atoms with E-state index in [0.29, 0.717) is 29.4 Å². The van der Waals surface area contributed by atoms with Gasteiger partial charge in [0.1, 0.15) is 23.9 Å². The molecular weight excluding hydrogens is 586 g/mol. The van der Waals surface area contributed by atoms with E-state index in [2.05, 4.69) is 20.6 Å². The summed E-state index contributed by atoms with van der Waals surface area (Å²) in [5, 5.41) is 37.4. The molecule has 5 aromatic rings. The lowest BCUT2D eigenvalue weighted by Crippen LogP contribution is -2.34. The summed E-state index contributed by atoms with van der Waals surface area (Å²) in [6.07, 6.45) is 0.386. The SMILES string of the molecule is Nc1nccc2cc(NC(=O)c3cc4c(cc3-c3ccc(C(=O)NC[C@H](O)CO)nc3C(=O)O)OCc3ccsc3-4)ccc12. The summed E-state index contributed by atoms with van der Waals surface area (Å²) in [7, 11) is 0. The highest BCUT2D eigenvalue weighted by molar-refractivity contribution is 7.13. The number of pyridine rings is 2. The van der Waals surface area contributed by atoms with Gasteiger partial charge in [-0.3, -0.25) is 9.59 Å². The first-order valence-electron chi connectivity index (χ1n) is 13.4. The van der Waals surface area contributed by atoms with E-state index in [1.807, 2.05) is 11.4 Å².